The lowest BCUT2D eigenvalue weighted by Crippen LogP contribution is -2.18. The first kappa shape index (κ1) is 9.72. The second-order valence-corrected chi connectivity index (χ2v) is 2.46. The Bertz CT molecular complexity index is 114. The van der Waals surface area contributed by atoms with Gasteiger partial charge >= 0.3 is 5.97 Å². The molecule has 0 aliphatic rings. The van der Waals surface area contributed by atoms with E-state index in [1.807, 2.05) is 0 Å². The van der Waals surface area contributed by atoms with Crippen LogP contribution in [0.15, 0.2) is 0 Å². The Morgan fingerprint density at radius 3 is 2.30 bits per heavy atom. The molecule has 0 saturated carbocycles. The van der Waals surface area contributed by atoms with Gasteiger partial charge < -0.3 is 9.47 Å². The van der Waals surface area contributed by atoms with Gasteiger partial charge in [0.05, 0.1) is 5.92 Å². The average Bonchev–Trinajstić information content (AvgIpc) is 1.87. The van der Waals surface area contributed by atoms with Crippen molar-refractivity contribution in [1.29, 1.82) is 0 Å². The zero-order chi connectivity index (χ0) is 8.15. The number of esters is 1. The largest absolute Gasteiger partial charge is 0.421 e. The Kier molecular flexibility index (Phi) is 4.40. The molecule has 10 heavy (non-hydrogen) atoms. The minimum absolute atomic E-state index is 0.170. The number of hydrogen-bond donors (Lipinski definition) is 0. The highest BCUT2D eigenvalue weighted by molar-refractivity contribution is 6.19. The summed E-state index contributed by atoms with van der Waals surface area (Å²) in [4.78, 5) is 10.7. The van der Waals surface area contributed by atoms with Crippen LogP contribution in [0.25, 0.3) is 0 Å². The van der Waals surface area contributed by atoms with Gasteiger partial charge in [-0.15, -0.1) is 0 Å². The van der Waals surface area contributed by atoms with E-state index in [1.54, 1.807) is 13.8 Å². The van der Waals surface area contributed by atoms with E-state index in [2.05, 4.69) is 9.47 Å². The highest BCUT2D eigenvalue weighted by atomic mass is 35.5. The quantitative estimate of drug-likeness (QED) is 0.361. The summed E-state index contributed by atoms with van der Waals surface area (Å²) in [7, 11) is 1.37. The highest BCUT2D eigenvalue weighted by Gasteiger charge is 2.12. The second-order valence-electron chi connectivity index (χ2n) is 2.10. The number of carbonyl (C=O) groups is 1. The van der Waals surface area contributed by atoms with Crippen molar-refractivity contribution in [2.24, 2.45) is 5.92 Å². The Labute approximate surface area is 65.3 Å². The molecule has 4 heteroatoms. The fourth-order valence-electron chi connectivity index (χ4n) is 0.276. The van der Waals surface area contributed by atoms with Crippen LogP contribution < -0.4 is 0 Å². The molecule has 0 aromatic rings. The molecule has 0 N–H and O–H groups in total. The maximum atomic E-state index is 10.7. The molecule has 0 spiro atoms. The number of hydrogen-bond acceptors (Lipinski definition) is 3. The molecule has 1 unspecified atom stereocenters. The molecule has 0 bridgehead atoms. The predicted molar refractivity (Wildman–Crippen MR) is 37.6 cm³/mol. The van der Waals surface area contributed by atoms with E-state index in [-0.39, 0.29) is 11.9 Å². The van der Waals surface area contributed by atoms with Crippen LogP contribution in [0.4, 0.5) is 0 Å². The van der Waals surface area contributed by atoms with Crippen LogP contribution in [0.3, 0.4) is 0 Å². The number of ether oxygens (including phenoxy) is 2. The van der Waals surface area contributed by atoms with Crippen molar-refractivity contribution < 1.29 is 14.3 Å². The average molecular weight is 167 g/mol. The van der Waals surface area contributed by atoms with Crippen molar-refractivity contribution in [3.8, 4) is 0 Å². The molecular weight excluding hydrogens is 156 g/mol. The molecule has 0 aromatic heterocycles. The van der Waals surface area contributed by atoms with Gasteiger partial charge in [0.2, 0.25) is 0 Å². The number of carbonyl (C=O) groups excluding carboxylic acids is 1. The lowest BCUT2D eigenvalue weighted by molar-refractivity contribution is -0.163. The summed E-state index contributed by atoms with van der Waals surface area (Å²) in [5, 5.41) is 0. The highest BCUT2D eigenvalue weighted by Crippen LogP contribution is 2.03. The SMILES string of the molecule is COC(Cl)OC(=O)C(C)C. The van der Waals surface area contributed by atoms with Crippen molar-refractivity contribution in [2.75, 3.05) is 7.11 Å². The van der Waals surface area contributed by atoms with Crippen LogP contribution in [0, 0.1) is 5.92 Å². The van der Waals surface area contributed by atoms with Crippen molar-refractivity contribution in [1.82, 2.24) is 0 Å². The molecule has 3 nitrogen and oxygen atoms in total. The lowest BCUT2D eigenvalue weighted by atomic mass is 10.2. The third-order valence-electron chi connectivity index (χ3n) is 0.866. The third kappa shape index (κ3) is 3.69. The summed E-state index contributed by atoms with van der Waals surface area (Å²) >= 11 is 5.34. The van der Waals surface area contributed by atoms with Crippen LogP contribution in [-0.2, 0) is 14.3 Å². The molecule has 1 atom stereocenters. The maximum absolute atomic E-state index is 10.7. The maximum Gasteiger partial charge on any atom is 0.311 e. The van der Waals surface area contributed by atoms with Gasteiger partial charge in [0.15, 0.2) is 0 Å². The molecule has 0 rings (SSSR count). The minimum Gasteiger partial charge on any atom is -0.421 e. The zero-order valence-electron chi connectivity index (χ0n) is 6.26. The second kappa shape index (κ2) is 4.52. The molecule has 0 saturated heterocycles. The van der Waals surface area contributed by atoms with Crippen LogP contribution in [-0.4, -0.2) is 18.8 Å². The van der Waals surface area contributed by atoms with E-state index in [0.29, 0.717) is 0 Å². The molecule has 0 amide bonds. The Balaban J connectivity index is 3.57. The molecule has 0 fully saturated rings. The van der Waals surface area contributed by atoms with Crippen LogP contribution >= 0.6 is 11.6 Å². The molecular formula is C6H11ClO3. The fraction of sp³-hybridized carbons (Fsp3) is 0.833. The summed E-state index contributed by atoms with van der Waals surface area (Å²) < 4.78 is 9.06. The first-order valence-electron chi connectivity index (χ1n) is 2.95. The van der Waals surface area contributed by atoms with Crippen molar-refractivity contribution in [3.05, 3.63) is 0 Å². The van der Waals surface area contributed by atoms with Crippen LogP contribution in [0.1, 0.15) is 13.8 Å². The van der Waals surface area contributed by atoms with Gasteiger partial charge in [-0.2, -0.15) is 0 Å². The Morgan fingerprint density at radius 2 is 2.00 bits per heavy atom. The molecule has 0 radical (unpaired) electrons. The molecule has 0 aliphatic heterocycles. The van der Waals surface area contributed by atoms with E-state index in [9.17, 15) is 4.79 Å². The Hall–Kier alpha value is -0.280. The summed E-state index contributed by atoms with van der Waals surface area (Å²) in [5.74, 6) is -1.49. The Morgan fingerprint density at radius 1 is 1.50 bits per heavy atom. The number of alkyl halides is 1. The topological polar surface area (TPSA) is 35.5 Å². The molecule has 0 aromatic carbocycles. The van der Waals surface area contributed by atoms with E-state index < -0.39 is 5.75 Å². The standard InChI is InChI=1S/C6H11ClO3/c1-4(2)5(8)10-6(7)9-3/h4,6H,1-3H3. The summed E-state index contributed by atoms with van der Waals surface area (Å²) in [6.07, 6.45) is 0. The van der Waals surface area contributed by atoms with Gasteiger partial charge in [-0.3, -0.25) is 4.79 Å². The number of rotatable bonds is 3. The zero-order valence-corrected chi connectivity index (χ0v) is 7.01. The minimum atomic E-state index is -0.963. The first-order chi connectivity index (χ1) is 4.57. The molecule has 0 heterocycles. The summed E-state index contributed by atoms with van der Waals surface area (Å²) in [5.41, 5.74) is 0. The van der Waals surface area contributed by atoms with E-state index in [1.165, 1.54) is 7.11 Å². The van der Waals surface area contributed by atoms with Crippen molar-refractivity contribution in [3.63, 3.8) is 0 Å². The molecule has 60 valence electrons. The smallest absolute Gasteiger partial charge is 0.311 e. The van der Waals surface area contributed by atoms with E-state index in [0.717, 1.165) is 0 Å². The number of halogens is 1. The predicted octanol–water partition coefficient (Wildman–Crippen LogP) is 1.35. The van der Waals surface area contributed by atoms with Crippen LogP contribution in [0.2, 0.25) is 0 Å². The summed E-state index contributed by atoms with van der Waals surface area (Å²) in [6.45, 7) is 3.45. The fourth-order valence-corrected chi connectivity index (χ4v) is 0.363. The van der Waals surface area contributed by atoms with Crippen molar-refractivity contribution >= 4 is 17.6 Å². The summed E-state index contributed by atoms with van der Waals surface area (Å²) in [6, 6.07) is 0. The van der Waals surface area contributed by atoms with Gasteiger partial charge in [-0.1, -0.05) is 13.8 Å². The third-order valence-corrected chi connectivity index (χ3v) is 1.13. The van der Waals surface area contributed by atoms with Crippen LogP contribution in [0.5, 0.6) is 0 Å². The van der Waals surface area contributed by atoms with Crippen molar-refractivity contribution in [2.45, 2.75) is 19.6 Å². The van der Waals surface area contributed by atoms with Gasteiger partial charge in [-0.05, 0) is 11.6 Å². The normalized spacial score (nSPS) is 13.3. The van der Waals surface area contributed by atoms with Gasteiger partial charge in [0.1, 0.15) is 0 Å². The lowest BCUT2D eigenvalue weighted by Gasteiger charge is -2.09. The number of methoxy groups -OCH3 is 1. The molecule has 0 aliphatic carbocycles. The van der Waals surface area contributed by atoms with E-state index in [4.69, 9.17) is 11.6 Å². The van der Waals surface area contributed by atoms with Gasteiger partial charge in [-0.25, -0.2) is 0 Å². The van der Waals surface area contributed by atoms with E-state index >= 15 is 0 Å². The first-order valence-corrected chi connectivity index (χ1v) is 3.39. The van der Waals surface area contributed by atoms with Gasteiger partial charge in [0.25, 0.3) is 5.75 Å². The van der Waals surface area contributed by atoms with Gasteiger partial charge in [0, 0.05) is 7.11 Å². The monoisotopic (exact) mass is 166 g/mol.